The topological polar surface area (TPSA) is 53.9 Å². The van der Waals surface area contributed by atoms with Crippen LogP contribution in [-0.4, -0.2) is 47.7 Å². The number of rotatable bonds is 1. The Kier molecular flexibility index (Phi) is 4.71. The Morgan fingerprint density at radius 1 is 1.40 bits per heavy atom. The van der Waals surface area contributed by atoms with E-state index < -0.39 is 23.9 Å². The number of likely N-dealkylation sites (tertiary alicyclic amines) is 1. The van der Waals surface area contributed by atoms with Gasteiger partial charge in [0.2, 0.25) is 0 Å². The zero-order valence-corrected chi connectivity index (χ0v) is 15.3. The molecule has 0 aliphatic carbocycles. The number of hydrogen-bond acceptors (Lipinski definition) is 4. The number of alkyl carbamates (subject to hydrolysis) is 1. The maximum Gasteiger partial charge on any atom is 0.408 e. The first kappa shape index (κ1) is 17.7. The highest BCUT2D eigenvalue weighted by Crippen LogP contribution is 2.29. The molecule has 1 amide bonds. The molecule has 1 N–H and O–H groups in total. The molecule has 0 radical (unpaired) electrons. The minimum atomic E-state index is -1.07. The zero-order valence-electron chi connectivity index (χ0n) is 15.3. The molecular weight excluding hydrogens is 321 g/mol. The third-order valence-corrected chi connectivity index (χ3v) is 4.43. The Balaban J connectivity index is 1.64. The number of piperidine rings is 1. The van der Waals surface area contributed by atoms with Gasteiger partial charge in [-0.3, -0.25) is 0 Å². The molecule has 2 heterocycles. The number of amidine groups is 1. The van der Waals surface area contributed by atoms with Crippen molar-refractivity contribution in [3.63, 3.8) is 0 Å². The molecule has 5 nitrogen and oxygen atoms in total. The van der Waals surface area contributed by atoms with E-state index in [9.17, 15) is 9.18 Å². The van der Waals surface area contributed by atoms with Gasteiger partial charge in [-0.05, 0) is 45.7 Å². The van der Waals surface area contributed by atoms with Gasteiger partial charge in [0.15, 0.2) is 0 Å². The minimum Gasteiger partial charge on any atom is -0.444 e. The summed E-state index contributed by atoms with van der Waals surface area (Å²) in [6, 6.07) is 5.63. The highest BCUT2D eigenvalue weighted by Gasteiger charge is 2.34. The summed E-state index contributed by atoms with van der Waals surface area (Å²) in [6.07, 6.45) is -0.521. The number of benzene rings is 1. The van der Waals surface area contributed by atoms with Crippen LogP contribution < -0.4 is 5.32 Å². The molecule has 1 aromatic rings. The van der Waals surface area contributed by atoms with Gasteiger partial charge in [0.25, 0.3) is 0 Å². The largest absolute Gasteiger partial charge is 0.444 e. The molecule has 2 aliphatic heterocycles. The SMILES string of the molecule is Cc1ccc2c(c1)CC(N1CC[C@@H](F)[C@H](NC(=O)OC(C)(C)C)C1)=N2. The molecule has 6 heteroatoms. The number of halogens is 1. The van der Waals surface area contributed by atoms with Crippen LogP contribution in [0.25, 0.3) is 0 Å². The molecule has 1 fully saturated rings. The van der Waals surface area contributed by atoms with Crippen LogP contribution in [0.2, 0.25) is 0 Å². The van der Waals surface area contributed by atoms with Gasteiger partial charge in [0.05, 0.1) is 11.7 Å². The molecule has 0 bridgehead atoms. The lowest BCUT2D eigenvalue weighted by atomic mass is 10.0. The number of amides is 1. The second-order valence-corrected chi connectivity index (χ2v) is 7.84. The number of nitrogens with zero attached hydrogens (tertiary/aromatic N) is 2. The van der Waals surface area contributed by atoms with Gasteiger partial charge < -0.3 is 15.0 Å². The van der Waals surface area contributed by atoms with Crippen molar-refractivity contribution in [2.45, 2.75) is 58.4 Å². The van der Waals surface area contributed by atoms with Gasteiger partial charge in [-0.15, -0.1) is 0 Å². The number of aliphatic imine (C=N–C) groups is 1. The molecule has 2 aliphatic rings. The highest BCUT2D eigenvalue weighted by atomic mass is 19.1. The number of aryl methyl sites for hydroxylation is 1. The Morgan fingerprint density at radius 3 is 2.88 bits per heavy atom. The highest BCUT2D eigenvalue weighted by molar-refractivity contribution is 5.92. The first-order chi connectivity index (χ1) is 11.7. The average molecular weight is 347 g/mol. The summed E-state index contributed by atoms with van der Waals surface area (Å²) in [4.78, 5) is 18.7. The second-order valence-electron chi connectivity index (χ2n) is 7.84. The summed E-state index contributed by atoms with van der Waals surface area (Å²) in [5.41, 5.74) is 2.80. The van der Waals surface area contributed by atoms with Crippen LogP contribution in [0.5, 0.6) is 0 Å². The standard InChI is InChI=1S/C19H26FN3O2/c1-12-5-6-15-13(9-12)10-17(21-15)23-8-7-14(20)16(11-23)22-18(24)25-19(2,3)4/h5-6,9,14,16H,7-8,10-11H2,1-4H3,(H,22,24)/t14-,16-/m1/s1. The number of nitrogens with one attached hydrogen (secondary N) is 1. The fourth-order valence-electron chi connectivity index (χ4n) is 3.25. The normalized spacial score (nSPS) is 23.1. The molecule has 136 valence electrons. The van der Waals surface area contributed by atoms with E-state index in [4.69, 9.17) is 9.73 Å². The van der Waals surface area contributed by atoms with E-state index in [1.165, 1.54) is 11.1 Å². The van der Waals surface area contributed by atoms with Crippen molar-refractivity contribution in [2.24, 2.45) is 4.99 Å². The lowest BCUT2D eigenvalue weighted by molar-refractivity contribution is 0.0431. The Hall–Kier alpha value is -2.11. The van der Waals surface area contributed by atoms with E-state index in [0.29, 0.717) is 19.5 Å². The maximum atomic E-state index is 14.3. The Bertz CT molecular complexity index is 696. The van der Waals surface area contributed by atoms with Crippen molar-refractivity contribution >= 4 is 17.6 Å². The lowest BCUT2D eigenvalue weighted by Gasteiger charge is -2.36. The summed E-state index contributed by atoms with van der Waals surface area (Å²) in [5.74, 6) is 0.948. The molecule has 2 atom stereocenters. The van der Waals surface area contributed by atoms with Crippen molar-refractivity contribution in [2.75, 3.05) is 13.1 Å². The maximum absolute atomic E-state index is 14.3. The van der Waals surface area contributed by atoms with Crippen LogP contribution in [0.1, 0.15) is 38.3 Å². The van der Waals surface area contributed by atoms with E-state index >= 15 is 0 Å². The van der Waals surface area contributed by atoms with Crippen molar-refractivity contribution < 1.29 is 13.9 Å². The molecular formula is C19H26FN3O2. The molecule has 0 unspecified atom stereocenters. The number of hydrogen-bond donors (Lipinski definition) is 1. The molecule has 1 saturated heterocycles. The van der Waals surface area contributed by atoms with E-state index in [0.717, 1.165) is 17.9 Å². The van der Waals surface area contributed by atoms with Crippen molar-refractivity contribution in [1.29, 1.82) is 0 Å². The summed E-state index contributed by atoms with van der Waals surface area (Å²) in [5, 5.41) is 2.68. The summed E-state index contributed by atoms with van der Waals surface area (Å²) in [6.45, 7) is 8.46. The average Bonchev–Trinajstić information content (AvgIpc) is 2.90. The fraction of sp³-hybridized carbons (Fsp3) is 0.579. The molecule has 25 heavy (non-hydrogen) atoms. The molecule has 0 spiro atoms. The number of alkyl halides is 1. The quantitative estimate of drug-likeness (QED) is 0.846. The molecule has 1 aromatic carbocycles. The summed E-state index contributed by atoms with van der Waals surface area (Å²) >= 11 is 0. The fourth-order valence-corrected chi connectivity index (χ4v) is 3.25. The van der Waals surface area contributed by atoms with Gasteiger partial charge in [0, 0.05) is 19.5 Å². The smallest absolute Gasteiger partial charge is 0.408 e. The predicted molar refractivity (Wildman–Crippen MR) is 96.2 cm³/mol. The van der Waals surface area contributed by atoms with Gasteiger partial charge in [-0.25, -0.2) is 14.2 Å². The van der Waals surface area contributed by atoms with Crippen LogP contribution in [0.3, 0.4) is 0 Å². The van der Waals surface area contributed by atoms with E-state index in [-0.39, 0.29) is 0 Å². The first-order valence-electron chi connectivity index (χ1n) is 8.77. The Labute approximate surface area is 148 Å². The van der Waals surface area contributed by atoms with Crippen LogP contribution in [0.15, 0.2) is 23.2 Å². The zero-order chi connectivity index (χ0) is 18.2. The van der Waals surface area contributed by atoms with Gasteiger partial charge in [-0.1, -0.05) is 17.7 Å². The van der Waals surface area contributed by atoms with Crippen LogP contribution >= 0.6 is 0 Å². The van der Waals surface area contributed by atoms with Gasteiger partial charge in [0.1, 0.15) is 17.6 Å². The lowest BCUT2D eigenvalue weighted by Crippen LogP contribution is -2.55. The van der Waals surface area contributed by atoms with Crippen molar-refractivity contribution in [3.05, 3.63) is 29.3 Å². The number of fused-ring (bicyclic) bond motifs is 1. The monoisotopic (exact) mass is 347 g/mol. The number of carbonyl (C=O) groups excluding carboxylic acids is 1. The first-order valence-corrected chi connectivity index (χ1v) is 8.77. The molecule has 3 rings (SSSR count). The summed E-state index contributed by atoms with van der Waals surface area (Å²) in [7, 11) is 0. The molecule has 0 aromatic heterocycles. The Morgan fingerprint density at radius 2 is 2.16 bits per heavy atom. The van der Waals surface area contributed by atoms with E-state index in [1.54, 1.807) is 20.8 Å². The van der Waals surface area contributed by atoms with Gasteiger partial charge >= 0.3 is 6.09 Å². The number of carbonyl (C=O) groups is 1. The van der Waals surface area contributed by atoms with Crippen LogP contribution in [-0.2, 0) is 11.2 Å². The predicted octanol–water partition coefficient (Wildman–Crippen LogP) is 3.52. The van der Waals surface area contributed by atoms with E-state index in [2.05, 4.69) is 23.2 Å². The van der Waals surface area contributed by atoms with Crippen LogP contribution in [0.4, 0.5) is 14.9 Å². The van der Waals surface area contributed by atoms with Crippen molar-refractivity contribution in [1.82, 2.24) is 10.2 Å². The van der Waals surface area contributed by atoms with Crippen LogP contribution in [0, 0.1) is 6.92 Å². The number of ether oxygens (including phenoxy) is 1. The minimum absolute atomic E-state index is 0.370. The summed E-state index contributed by atoms with van der Waals surface area (Å²) < 4.78 is 19.5. The third kappa shape index (κ3) is 4.30. The van der Waals surface area contributed by atoms with Gasteiger partial charge in [-0.2, -0.15) is 0 Å². The second kappa shape index (κ2) is 6.65. The third-order valence-electron chi connectivity index (χ3n) is 4.43. The van der Waals surface area contributed by atoms with Crippen molar-refractivity contribution in [3.8, 4) is 0 Å². The molecule has 0 saturated carbocycles. The van der Waals surface area contributed by atoms with E-state index in [1.807, 2.05) is 12.1 Å².